The van der Waals surface area contributed by atoms with Gasteiger partial charge in [0.1, 0.15) is 30.1 Å². The van der Waals surface area contributed by atoms with Gasteiger partial charge in [-0.2, -0.15) is 4.98 Å². The molecule has 0 aliphatic carbocycles. The van der Waals surface area contributed by atoms with Crippen molar-refractivity contribution in [3.63, 3.8) is 0 Å². The number of halogens is 1. The third-order valence-electron chi connectivity index (χ3n) is 26.7. The van der Waals surface area contributed by atoms with Crippen molar-refractivity contribution in [2.45, 2.75) is 235 Å². The summed E-state index contributed by atoms with van der Waals surface area (Å²) >= 11 is 0. The maximum Gasteiger partial charge on any atom is 2.00 e. The van der Waals surface area contributed by atoms with Crippen LogP contribution >= 0.6 is 20.2 Å². The second-order valence-electron chi connectivity index (χ2n) is 36.3. The molecule has 1 radical (unpaired) electrons. The molecular weight excluding hydrogens is 1880 g/mol. The minimum absolute atomic E-state index is 0. The van der Waals surface area contributed by atoms with E-state index in [1.165, 1.54) is 37.8 Å². The van der Waals surface area contributed by atoms with Crippen LogP contribution in [0.2, 0.25) is 0 Å². The van der Waals surface area contributed by atoms with Crippen LogP contribution in [-0.2, 0) is 98.0 Å². The number of fused-ring (bicyclic) bond motifs is 8. The van der Waals surface area contributed by atoms with Gasteiger partial charge < -0.3 is 123 Å². The first-order valence-corrected chi connectivity index (χ1v) is 45.2. The number of carboxylic acids is 2. The Morgan fingerprint density at radius 2 is 1.38 bits per heavy atom. The first-order valence-electron chi connectivity index (χ1n) is 43.7. The number of benzene rings is 2. The molecule has 48 heteroatoms. The number of nitrogens with zero attached hydrogens (tertiary/aromatic N) is 10. The number of primary amides is 6. The number of phosphoric acid groups is 1. The number of pyridine rings is 1. The van der Waals surface area contributed by atoms with Gasteiger partial charge in [-0.3, -0.25) is 81.9 Å². The second kappa shape index (κ2) is 46.4. The number of carboxylic acid groups (broad SMARTS) is 2. The molecule has 0 spiro atoms. The number of amides is 8. The zero-order valence-corrected chi connectivity index (χ0v) is 81.0. The van der Waals surface area contributed by atoms with Gasteiger partial charge in [0, 0.05) is 166 Å². The van der Waals surface area contributed by atoms with Crippen molar-refractivity contribution >= 4 is 130 Å². The molecule has 2 unspecified atom stereocenters. The van der Waals surface area contributed by atoms with Crippen molar-refractivity contribution in [3.8, 4) is 5.75 Å². The number of nitrogens with two attached hydrogens (primary N) is 7. The molecule has 8 bridgehead atoms. The Kier molecular flexibility index (Phi) is 37.8. The first-order chi connectivity index (χ1) is 63.8. The van der Waals surface area contributed by atoms with Crippen LogP contribution in [0, 0.1) is 77.9 Å². The number of H-pyrrole nitrogens is 1. The van der Waals surface area contributed by atoms with Gasteiger partial charge in [0.25, 0.3) is 11.5 Å². The fourth-order valence-electron chi connectivity index (χ4n) is 19.2. The van der Waals surface area contributed by atoms with E-state index in [1.807, 2.05) is 87.4 Å². The van der Waals surface area contributed by atoms with Crippen LogP contribution in [0.5, 0.6) is 5.75 Å². The third kappa shape index (κ3) is 25.0. The molecule has 2 aromatic carbocycles. The number of imidazole rings is 1. The maximum atomic E-state index is 14.4. The SMILES string of the molecule is C/C1=C2N=C(/C=C3\N/C(=C(/C)C4=N[C@@](C)(C5N=C1[C@](C)(CCC(=O)NC[C@H](C)OP(=O)(O)O[C@H]1[C@@H](O)[C@@H](n6cnc7cc(C)c(C)cc76)O[C@@H]1CO)[C@H]5CC(N)=O)[C@@](C)(CC(N)=O)[C@@H]4CCC(N)=O)[C@@](C)(CC(N)=O)[C@@H]3CCC(N)=O)C(C)(C)[C@@H]/2CCC(N)=O.Cc1ncc(CO)c(CO)c1O.Cl.Nc1nc2ncc(CNc3ccc(C(=O)N[C@@H](CCC(=O)O)C(=O)O)cc3)nc2c(=O)[nH]1.[C-]#N.[Co+2]. The van der Waals surface area contributed by atoms with Crippen LogP contribution in [-0.4, -0.2) is 207 Å². The number of rotatable bonds is 37. The van der Waals surface area contributed by atoms with Crippen LogP contribution < -0.4 is 67.0 Å². The van der Waals surface area contributed by atoms with E-state index in [0.29, 0.717) is 84.6 Å². The molecule has 749 valence electrons. The summed E-state index contributed by atoms with van der Waals surface area (Å²) < 4.78 is 32.3. The molecule has 2 fully saturated rings. The molecule has 6 aliphatic heterocycles. The second-order valence-corrected chi connectivity index (χ2v) is 37.7. The largest absolute Gasteiger partial charge is 2.00 e. The number of carbonyl (C=O) groups is 10. The van der Waals surface area contributed by atoms with Gasteiger partial charge in [-0.15, -0.1) is 12.4 Å². The van der Waals surface area contributed by atoms with Crippen molar-refractivity contribution < 1.29 is 124 Å². The molecule has 8 amide bonds. The molecule has 2 saturated heterocycles. The van der Waals surface area contributed by atoms with Crippen LogP contribution in [0.4, 0.5) is 11.6 Å². The van der Waals surface area contributed by atoms with E-state index in [1.54, 1.807) is 23.6 Å². The van der Waals surface area contributed by atoms with Crippen molar-refractivity contribution in [2.75, 3.05) is 24.2 Å². The zero-order chi connectivity index (χ0) is 101. The number of phosphoric ester groups is 1. The topological polar surface area (TPSA) is 771 Å². The number of aromatic nitrogens is 7. The summed E-state index contributed by atoms with van der Waals surface area (Å²) in [7, 11) is -5.07. The fourth-order valence-corrected chi connectivity index (χ4v) is 20.3. The Morgan fingerprint density at radius 3 is 1.96 bits per heavy atom. The predicted octanol–water partition coefficient (Wildman–Crippen LogP) is 3.71. The number of aliphatic carboxylic acids is 2. The number of hydrogen-bond donors (Lipinski definition) is 20. The fraction of sp³-hybridized carbons (Fsp3) is 0.511. The number of carbonyl (C=O) groups excluding carboxylic acids is 8. The van der Waals surface area contributed by atoms with Crippen molar-refractivity contribution in [3.05, 3.63) is 146 Å². The number of aliphatic hydroxyl groups is 4. The predicted molar refractivity (Wildman–Crippen MR) is 500 cm³/mol. The minimum atomic E-state index is -5.07. The zero-order valence-electron chi connectivity index (χ0n) is 78.3. The standard InChI is InChI=1S/C62H90N13O14P.C19H19N7O6.C8H11NO3.CN.ClH.Co/c1-29-20-39-40(21-30(29)2)75(28-70-39)57-52(84)53(41(27-76)87-57)89-90(85,86)88-31(3)26-69-49(83)18-19-59(8)37(22-46(66)80)56-62(11)61(10,25-48(68)82)36(14-17-45(65)79)51(74-62)33(5)55-60(9,24-47(67)81)34(12-15-43(63)77)38(71-55)23-42-58(6,7)35(13-16-44(64)78)50(72-42)32(4)54(59)73-56;20-19-25-15-14(17(30)26-19)23-11(8-22-15)7-21-10-3-1-9(2-4-10)16(29)24-12(18(31)32)5-6-13(27)28;1-5-8(12)7(4-11)6(3-10)2-9-5;1-2;;/h20-21,23,28,31,34-37,41,52-53,56-57,71,76,84H,12-19,22,24-27H2,1-11H3,(H2,63,77)(H2,64,78)(H2,65,79)(H2,66,80)(H2,67,81)(H2,68,82)(H,69,83)(H,85,86);1-4,8,12,21H,5-7H2,(H,24,29)(H,27,28)(H,31,32)(H3,20,22,25,26,30);2,10-12H,3-4H2,1H3;;1H;/q;;;-1;;+2/b38-23-,50-32-,55-33-;;;;;/t31-,34+,35+,36+,37-,41+,52+,53+,56?,57-,59+,60-,61-,62-;12-;;;;/m00..../s1. The van der Waals surface area contributed by atoms with Crippen molar-refractivity contribution in [1.29, 1.82) is 5.26 Å². The number of ether oxygens (including phenoxy) is 1. The molecular formula is C90H121ClCoN22O23P+. The van der Waals surface area contributed by atoms with Gasteiger partial charge in [-0.1, -0.05) is 34.6 Å². The first kappa shape index (κ1) is 113. The third-order valence-corrected chi connectivity index (χ3v) is 27.8. The van der Waals surface area contributed by atoms with Gasteiger partial charge in [0.15, 0.2) is 17.4 Å². The van der Waals surface area contributed by atoms with Gasteiger partial charge in [-0.05, 0) is 145 Å². The molecule has 0 saturated carbocycles. The van der Waals surface area contributed by atoms with Crippen LogP contribution in [0.25, 0.3) is 22.2 Å². The Hall–Kier alpha value is -12.4. The average molecular weight is 2000 g/mol. The van der Waals surface area contributed by atoms with Gasteiger partial charge in [-0.25, -0.2) is 24.3 Å². The van der Waals surface area contributed by atoms with Crippen LogP contribution in [0.15, 0.2) is 109 Å². The van der Waals surface area contributed by atoms with E-state index in [9.17, 15) is 77.5 Å². The van der Waals surface area contributed by atoms with Crippen LogP contribution in [0.3, 0.4) is 0 Å². The normalized spacial score (nSPS) is 25.9. The molecule has 6 aliphatic rings. The number of hydrogen-bond acceptors (Lipinski definition) is 32. The number of anilines is 2. The van der Waals surface area contributed by atoms with Gasteiger partial charge in [0.2, 0.25) is 47.3 Å². The molecule has 16 atom stereocenters. The molecule has 138 heavy (non-hydrogen) atoms. The van der Waals surface area contributed by atoms with Crippen molar-refractivity contribution in [1.82, 2.24) is 50.4 Å². The monoisotopic (exact) mass is 2000 g/mol. The van der Waals surface area contributed by atoms with E-state index < -0.39 is 173 Å². The summed E-state index contributed by atoms with van der Waals surface area (Å²) in [4.78, 5) is 190. The Balaban J connectivity index is 0.000000440. The number of aliphatic hydroxyl groups excluding tert-OH is 4. The number of nitrogen functional groups attached to an aromatic ring is 1. The summed E-state index contributed by atoms with van der Waals surface area (Å²) in [5.41, 5.74) is 45.1. The van der Waals surface area contributed by atoms with Gasteiger partial charge in [0.05, 0.1) is 79.0 Å². The number of aromatic amines is 1. The average Bonchev–Trinajstić information content (AvgIpc) is 1.52. The summed E-state index contributed by atoms with van der Waals surface area (Å²) in [6.07, 6.45) is -1.97. The smallest absolute Gasteiger partial charge is 0.512 e. The number of allylic oxidation sites excluding steroid dienone is 6. The van der Waals surface area contributed by atoms with Crippen LogP contribution in [0.1, 0.15) is 196 Å². The Labute approximate surface area is 810 Å². The van der Waals surface area contributed by atoms with Gasteiger partial charge >= 0.3 is 36.5 Å². The number of nitrogens with one attached hydrogen (secondary N) is 5. The van der Waals surface area contributed by atoms with Crippen molar-refractivity contribution in [2.24, 2.45) is 94.7 Å². The maximum absolute atomic E-state index is 14.4. The molecule has 12 rings (SSSR count). The summed E-state index contributed by atoms with van der Waals surface area (Å²) in [6.45, 7) is 25.4. The summed E-state index contributed by atoms with van der Waals surface area (Å²) in [6, 6.07) is 7.56. The molecule has 6 aromatic rings. The number of aryl methyl sites for hydroxylation is 3. The minimum Gasteiger partial charge on any atom is -0.512 e. The van der Waals surface area contributed by atoms with E-state index >= 15 is 0 Å². The quantitative estimate of drug-likeness (QED) is 0.0195. The molecule has 27 N–H and O–H groups in total. The Morgan fingerprint density at radius 1 is 0.761 bits per heavy atom. The van der Waals surface area contributed by atoms with E-state index in [0.717, 1.165) is 11.1 Å². The molecule has 10 heterocycles. The van der Waals surface area contributed by atoms with E-state index in [-0.39, 0.29) is 167 Å². The summed E-state index contributed by atoms with van der Waals surface area (Å²) in [5, 5.41) is 84.7. The Bertz CT molecular complexity index is 5990. The molecule has 45 nitrogen and oxygen atoms in total. The van der Waals surface area contributed by atoms with E-state index in [4.69, 9.17) is 101 Å². The number of aliphatic imine (C=N–C) groups is 3. The number of aromatic hydroxyl groups is 1. The summed E-state index contributed by atoms with van der Waals surface area (Å²) in [5.74, 6) is -10.4. The van der Waals surface area contributed by atoms with E-state index in [2.05, 4.69) is 51.2 Å². The molecule has 4 aromatic heterocycles.